The smallest absolute Gasteiger partial charge is 0.149 e. The number of rotatable bonds is 6. The van der Waals surface area contributed by atoms with Gasteiger partial charge in [0, 0.05) is 12.1 Å². The molecule has 0 radical (unpaired) electrons. The second-order valence-electron chi connectivity index (χ2n) is 4.91. The highest BCUT2D eigenvalue weighted by Gasteiger charge is 2.09. The average Bonchev–Trinajstić information content (AvgIpc) is 2.48. The summed E-state index contributed by atoms with van der Waals surface area (Å²) in [5.74, 6) is -0.353. The third-order valence-electron chi connectivity index (χ3n) is 3.16. The lowest BCUT2D eigenvalue weighted by Gasteiger charge is -2.17. The van der Waals surface area contributed by atoms with Gasteiger partial charge in [-0.05, 0) is 43.2 Å². The standard InChI is InChI=1S/C17H19F2NO/c1-3-10-21-15-7-4-13(5-8-15)12(2)20-17-9-6-14(18)11-16(17)19/h4-9,11-12,20H,3,10H2,1-2H3. The Morgan fingerprint density at radius 1 is 1.10 bits per heavy atom. The topological polar surface area (TPSA) is 21.3 Å². The number of hydrogen-bond acceptors (Lipinski definition) is 2. The maximum absolute atomic E-state index is 13.6. The zero-order valence-corrected chi connectivity index (χ0v) is 12.2. The first-order chi connectivity index (χ1) is 10.1. The van der Waals surface area contributed by atoms with Crippen molar-refractivity contribution in [1.82, 2.24) is 0 Å². The van der Waals surface area contributed by atoms with Gasteiger partial charge < -0.3 is 10.1 Å². The van der Waals surface area contributed by atoms with Crippen molar-refractivity contribution in [2.24, 2.45) is 0 Å². The summed E-state index contributed by atoms with van der Waals surface area (Å²) in [6.45, 7) is 4.66. The second-order valence-corrected chi connectivity index (χ2v) is 4.91. The molecule has 112 valence electrons. The fraction of sp³-hybridized carbons (Fsp3) is 0.294. The summed E-state index contributed by atoms with van der Waals surface area (Å²) < 4.78 is 32.0. The van der Waals surface area contributed by atoms with Gasteiger partial charge in [-0.3, -0.25) is 0 Å². The molecule has 0 aliphatic carbocycles. The van der Waals surface area contributed by atoms with Gasteiger partial charge in [0.05, 0.1) is 12.3 Å². The largest absolute Gasteiger partial charge is 0.494 e. The Balaban J connectivity index is 2.04. The van der Waals surface area contributed by atoms with E-state index in [0.29, 0.717) is 6.61 Å². The van der Waals surface area contributed by atoms with Gasteiger partial charge in [0.2, 0.25) is 0 Å². The zero-order chi connectivity index (χ0) is 15.2. The van der Waals surface area contributed by atoms with Crippen LogP contribution in [-0.4, -0.2) is 6.61 Å². The fourth-order valence-electron chi connectivity index (χ4n) is 2.00. The molecule has 0 fully saturated rings. The Morgan fingerprint density at radius 3 is 2.43 bits per heavy atom. The molecule has 2 aromatic rings. The Labute approximate surface area is 123 Å². The minimum atomic E-state index is -0.593. The summed E-state index contributed by atoms with van der Waals surface area (Å²) >= 11 is 0. The minimum absolute atomic E-state index is 0.0924. The number of nitrogens with one attached hydrogen (secondary N) is 1. The number of benzene rings is 2. The fourth-order valence-corrected chi connectivity index (χ4v) is 2.00. The molecule has 0 bridgehead atoms. The molecule has 4 heteroatoms. The van der Waals surface area contributed by atoms with Crippen LogP contribution in [0, 0.1) is 11.6 Å². The van der Waals surface area contributed by atoms with Crippen LogP contribution < -0.4 is 10.1 Å². The van der Waals surface area contributed by atoms with E-state index in [-0.39, 0.29) is 11.7 Å². The van der Waals surface area contributed by atoms with Gasteiger partial charge in [0.25, 0.3) is 0 Å². The highest BCUT2D eigenvalue weighted by Crippen LogP contribution is 2.23. The van der Waals surface area contributed by atoms with E-state index < -0.39 is 11.6 Å². The predicted octanol–water partition coefficient (Wildman–Crippen LogP) is 4.93. The van der Waals surface area contributed by atoms with Crippen LogP contribution in [0.5, 0.6) is 5.75 Å². The highest BCUT2D eigenvalue weighted by molar-refractivity contribution is 5.47. The summed E-state index contributed by atoms with van der Waals surface area (Å²) in [5.41, 5.74) is 1.29. The third-order valence-corrected chi connectivity index (χ3v) is 3.16. The van der Waals surface area contributed by atoms with E-state index >= 15 is 0 Å². The molecule has 2 rings (SSSR count). The summed E-state index contributed by atoms with van der Waals surface area (Å²) in [6, 6.07) is 11.1. The van der Waals surface area contributed by atoms with Crippen LogP contribution in [-0.2, 0) is 0 Å². The van der Waals surface area contributed by atoms with Crippen molar-refractivity contribution in [2.45, 2.75) is 26.3 Å². The summed E-state index contributed by atoms with van der Waals surface area (Å²) in [7, 11) is 0. The maximum Gasteiger partial charge on any atom is 0.149 e. The van der Waals surface area contributed by atoms with Crippen molar-refractivity contribution < 1.29 is 13.5 Å². The molecule has 2 aromatic carbocycles. The second kappa shape index (κ2) is 7.07. The van der Waals surface area contributed by atoms with E-state index in [1.165, 1.54) is 12.1 Å². The molecule has 0 aromatic heterocycles. The van der Waals surface area contributed by atoms with Crippen molar-refractivity contribution in [3.05, 3.63) is 59.7 Å². The summed E-state index contributed by atoms with van der Waals surface area (Å²) in [4.78, 5) is 0. The average molecular weight is 291 g/mol. The third kappa shape index (κ3) is 4.18. The van der Waals surface area contributed by atoms with E-state index in [0.717, 1.165) is 23.8 Å². The summed E-state index contributed by atoms with van der Waals surface area (Å²) in [5, 5.41) is 3.03. The molecule has 1 unspecified atom stereocenters. The first-order valence-electron chi connectivity index (χ1n) is 7.04. The van der Waals surface area contributed by atoms with Crippen LogP contribution in [0.1, 0.15) is 31.9 Å². The van der Waals surface area contributed by atoms with Crippen LogP contribution in [0.3, 0.4) is 0 Å². The Morgan fingerprint density at radius 2 is 1.81 bits per heavy atom. The Bertz CT molecular complexity index is 584. The van der Waals surface area contributed by atoms with Gasteiger partial charge >= 0.3 is 0 Å². The van der Waals surface area contributed by atoms with E-state index in [1.807, 2.05) is 31.2 Å². The van der Waals surface area contributed by atoms with Gasteiger partial charge in [-0.1, -0.05) is 19.1 Å². The quantitative estimate of drug-likeness (QED) is 0.815. The molecule has 1 atom stereocenters. The lowest BCUT2D eigenvalue weighted by atomic mass is 10.1. The Hall–Kier alpha value is -2.10. The molecule has 0 amide bonds. The number of ether oxygens (including phenoxy) is 1. The van der Waals surface area contributed by atoms with Crippen LogP contribution in [0.4, 0.5) is 14.5 Å². The normalized spacial score (nSPS) is 12.0. The molecular formula is C17H19F2NO. The molecule has 0 aliphatic rings. The minimum Gasteiger partial charge on any atom is -0.494 e. The van der Waals surface area contributed by atoms with Crippen LogP contribution >= 0.6 is 0 Å². The molecule has 0 saturated heterocycles. The lowest BCUT2D eigenvalue weighted by Crippen LogP contribution is -2.08. The Kier molecular flexibility index (Phi) is 5.14. The summed E-state index contributed by atoms with van der Waals surface area (Å²) in [6.07, 6.45) is 0.962. The van der Waals surface area contributed by atoms with Gasteiger partial charge in [0.15, 0.2) is 0 Å². The highest BCUT2D eigenvalue weighted by atomic mass is 19.1. The van der Waals surface area contributed by atoms with Crippen LogP contribution in [0.15, 0.2) is 42.5 Å². The zero-order valence-electron chi connectivity index (χ0n) is 12.2. The van der Waals surface area contributed by atoms with Crippen molar-refractivity contribution in [3.8, 4) is 5.75 Å². The van der Waals surface area contributed by atoms with Crippen LogP contribution in [0.2, 0.25) is 0 Å². The van der Waals surface area contributed by atoms with Gasteiger partial charge in [-0.25, -0.2) is 8.78 Å². The number of halogens is 2. The first kappa shape index (κ1) is 15.3. The number of hydrogen-bond donors (Lipinski definition) is 1. The van der Waals surface area contributed by atoms with Crippen LogP contribution in [0.25, 0.3) is 0 Å². The van der Waals surface area contributed by atoms with Gasteiger partial charge in [-0.2, -0.15) is 0 Å². The van der Waals surface area contributed by atoms with E-state index in [9.17, 15) is 8.78 Å². The lowest BCUT2D eigenvalue weighted by molar-refractivity contribution is 0.317. The van der Waals surface area contributed by atoms with Gasteiger partial charge in [0.1, 0.15) is 17.4 Å². The molecule has 0 spiro atoms. The molecule has 2 nitrogen and oxygen atoms in total. The molecular weight excluding hydrogens is 272 g/mol. The van der Waals surface area contributed by atoms with E-state index in [2.05, 4.69) is 12.2 Å². The van der Waals surface area contributed by atoms with Crippen molar-refractivity contribution in [3.63, 3.8) is 0 Å². The first-order valence-corrected chi connectivity index (χ1v) is 7.04. The van der Waals surface area contributed by atoms with E-state index in [4.69, 9.17) is 4.74 Å². The van der Waals surface area contributed by atoms with Crippen molar-refractivity contribution >= 4 is 5.69 Å². The predicted molar refractivity (Wildman–Crippen MR) is 80.6 cm³/mol. The monoisotopic (exact) mass is 291 g/mol. The van der Waals surface area contributed by atoms with E-state index in [1.54, 1.807) is 0 Å². The molecule has 0 saturated carbocycles. The molecule has 21 heavy (non-hydrogen) atoms. The molecule has 0 aliphatic heterocycles. The maximum atomic E-state index is 13.6. The van der Waals surface area contributed by atoms with Gasteiger partial charge in [-0.15, -0.1) is 0 Å². The molecule has 1 N–H and O–H groups in total. The van der Waals surface area contributed by atoms with Crippen molar-refractivity contribution in [2.75, 3.05) is 11.9 Å². The number of anilines is 1. The molecule has 0 heterocycles. The SMILES string of the molecule is CCCOc1ccc(C(C)Nc2ccc(F)cc2F)cc1. The van der Waals surface area contributed by atoms with Crippen molar-refractivity contribution in [1.29, 1.82) is 0 Å².